The zero-order valence-electron chi connectivity index (χ0n) is 19.6. The maximum atomic E-state index is 13.5. The predicted octanol–water partition coefficient (Wildman–Crippen LogP) is 2.59. The predicted molar refractivity (Wildman–Crippen MR) is 129 cm³/mol. The number of carbonyl (C=O) groups excluding carboxylic acids is 3. The number of rotatable bonds is 8. The van der Waals surface area contributed by atoms with Gasteiger partial charge in [-0.2, -0.15) is 0 Å². The Kier molecular flexibility index (Phi) is 6.75. The van der Waals surface area contributed by atoms with Crippen LogP contribution < -0.4 is 11.1 Å². The number of phenols is 1. The molecule has 2 amide bonds. The van der Waals surface area contributed by atoms with E-state index in [9.17, 15) is 19.5 Å². The van der Waals surface area contributed by atoms with Gasteiger partial charge >= 0.3 is 5.97 Å². The summed E-state index contributed by atoms with van der Waals surface area (Å²) < 4.78 is 11.1. The highest BCUT2D eigenvalue weighted by Gasteiger charge is 2.48. The van der Waals surface area contributed by atoms with Crippen molar-refractivity contribution in [1.82, 2.24) is 5.32 Å². The summed E-state index contributed by atoms with van der Waals surface area (Å²) in [5.41, 5.74) is 7.11. The summed E-state index contributed by atoms with van der Waals surface area (Å²) in [7, 11) is 0. The Bertz CT molecular complexity index is 1250. The summed E-state index contributed by atoms with van der Waals surface area (Å²) in [6.45, 7) is 3.21. The van der Waals surface area contributed by atoms with E-state index in [1.54, 1.807) is 26.0 Å². The number of hydrogen-bond acceptors (Lipinski definition) is 6. The molecule has 0 aromatic heterocycles. The van der Waals surface area contributed by atoms with Crippen LogP contribution in [-0.4, -0.2) is 40.8 Å². The third kappa shape index (κ3) is 5.78. The van der Waals surface area contributed by atoms with Crippen molar-refractivity contribution in [3.05, 3.63) is 77.9 Å². The molecule has 0 unspecified atom stereocenters. The van der Waals surface area contributed by atoms with Gasteiger partial charge in [0.1, 0.15) is 11.8 Å². The second kappa shape index (κ2) is 9.76. The Hall–Kier alpha value is -3.91. The maximum Gasteiger partial charge on any atom is 0.338 e. The number of primary amides is 1. The fourth-order valence-electron chi connectivity index (χ4n) is 4.25. The van der Waals surface area contributed by atoms with E-state index in [1.165, 1.54) is 12.1 Å². The minimum Gasteiger partial charge on any atom is -0.508 e. The lowest BCUT2D eigenvalue weighted by Crippen LogP contribution is -2.51. The lowest BCUT2D eigenvalue weighted by molar-refractivity contribution is -0.162. The van der Waals surface area contributed by atoms with Gasteiger partial charge in [-0.15, -0.1) is 0 Å². The number of esters is 1. The third-order valence-electron chi connectivity index (χ3n) is 6.00. The number of ether oxygens (including phenoxy) is 2. The van der Waals surface area contributed by atoms with E-state index in [2.05, 4.69) is 5.32 Å². The average Bonchev–Trinajstić information content (AvgIpc) is 3.09. The molecule has 4 N–H and O–H groups in total. The van der Waals surface area contributed by atoms with E-state index in [0.717, 1.165) is 16.3 Å². The lowest BCUT2D eigenvalue weighted by Gasteiger charge is -2.24. The van der Waals surface area contributed by atoms with Crippen LogP contribution in [-0.2, 0) is 36.7 Å². The maximum absolute atomic E-state index is 13.5. The van der Waals surface area contributed by atoms with Gasteiger partial charge in [-0.05, 0) is 40.5 Å². The zero-order valence-corrected chi connectivity index (χ0v) is 19.6. The fourth-order valence-corrected chi connectivity index (χ4v) is 4.25. The highest BCUT2D eigenvalue weighted by Crippen LogP contribution is 2.31. The standard InChI is InChI=1S/C27H28N2O6/c1-27(2)34-23(26(33)35-27)21(14-17-7-10-18-5-3-4-6-19(18)13-17)25(32)29-22(24(28)31)15-16-8-11-20(30)12-9-16/h3-13,21-23,30H,14-15H2,1-2H3,(H2,28,31)(H,29,32)/t21-,22+,23+/m1/s1. The molecule has 0 radical (unpaired) electrons. The van der Waals surface area contributed by atoms with Crippen molar-refractivity contribution in [1.29, 1.82) is 0 Å². The molecule has 35 heavy (non-hydrogen) atoms. The van der Waals surface area contributed by atoms with Gasteiger partial charge in [0.2, 0.25) is 17.6 Å². The molecule has 4 rings (SSSR count). The fraction of sp³-hybridized carbons (Fsp3) is 0.296. The minimum absolute atomic E-state index is 0.0865. The average molecular weight is 477 g/mol. The van der Waals surface area contributed by atoms with Crippen LogP contribution in [0.15, 0.2) is 66.7 Å². The first kappa shape index (κ1) is 24.2. The highest BCUT2D eigenvalue weighted by molar-refractivity contribution is 5.92. The van der Waals surface area contributed by atoms with Crippen molar-refractivity contribution in [2.75, 3.05) is 0 Å². The SMILES string of the molecule is CC1(C)OC(=O)[C@H]([C@@H](Cc2ccc3ccccc3c2)C(=O)N[C@@H](Cc2ccc(O)cc2)C(N)=O)O1. The number of nitrogens with one attached hydrogen (secondary N) is 1. The number of cyclic esters (lactones) is 1. The highest BCUT2D eigenvalue weighted by atomic mass is 16.8. The van der Waals surface area contributed by atoms with Gasteiger partial charge in [0, 0.05) is 20.3 Å². The molecule has 3 aromatic rings. The second-order valence-corrected chi connectivity index (χ2v) is 9.19. The van der Waals surface area contributed by atoms with Gasteiger partial charge in [-0.1, -0.05) is 54.6 Å². The van der Waals surface area contributed by atoms with Crippen LogP contribution in [0.1, 0.15) is 25.0 Å². The van der Waals surface area contributed by atoms with Crippen molar-refractivity contribution in [3.8, 4) is 5.75 Å². The Morgan fingerprint density at radius 1 is 1.00 bits per heavy atom. The lowest BCUT2D eigenvalue weighted by atomic mass is 9.91. The Morgan fingerprint density at radius 2 is 1.66 bits per heavy atom. The van der Waals surface area contributed by atoms with Crippen molar-refractivity contribution < 1.29 is 29.0 Å². The summed E-state index contributed by atoms with van der Waals surface area (Å²) in [5, 5.41) is 14.2. The normalized spacial score (nSPS) is 18.6. The number of amides is 2. The molecule has 0 aliphatic carbocycles. The first-order valence-corrected chi connectivity index (χ1v) is 11.4. The van der Waals surface area contributed by atoms with Gasteiger partial charge in [0.15, 0.2) is 6.10 Å². The molecule has 1 aliphatic rings. The summed E-state index contributed by atoms with van der Waals surface area (Å²) in [5.74, 6) is -3.93. The number of carbonyl (C=O) groups is 3. The molecule has 0 saturated carbocycles. The number of phenolic OH excluding ortho intramolecular Hbond substituents is 1. The van der Waals surface area contributed by atoms with E-state index in [0.29, 0.717) is 5.56 Å². The molecule has 182 valence electrons. The number of hydrogen-bond donors (Lipinski definition) is 3. The number of nitrogens with two attached hydrogens (primary N) is 1. The molecule has 0 bridgehead atoms. The largest absolute Gasteiger partial charge is 0.508 e. The van der Waals surface area contributed by atoms with E-state index < -0.39 is 41.6 Å². The number of fused-ring (bicyclic) bond motifs is 1. The van der Waals surface area contributed by atoms with Gasteiger partial charge in [0.05, 0.1) is 5.92 Å². The van der Waals surface area contributed by atoms with Crippen LogP contribution in [0.4, 0.5) is 0 Å². The molecule has 0 spiro atoms. The van der Waals surface area contributed by atoms with Crippen LogP contribution in [0.3, 0.4) is 0 Å². The van der Waals surface area contributed by atoms with Crippen molar-refractivity contribution >= 4 is 28.6 Å². The van der Waals surface area contributed by atoms with Gasteiger partial charge in [-0.25, -0.2) is 4.79 Å². The quantitative estimate of drug-likeness (QED) is 0.429. The number of aromatic hydroxyl groups is 1. The van der Waals surface area contributed by atoms with Crippen LogP contribution in [0, 0.1) is 5.92 Å². The molecule has 3 aromatic carbocycles. The van der Waals surface area contributed by atoms with Gasteiger partial charge in [-0.3, -0.25) is 9.59 Å². The van der Waals surface area contributed by atoms with E-state index in [-0.39, 0.29) is 18.6 Å². The molecule has 1 saturated heterocycles. The summed E-state index contributed by atoms with van der Waals surface area (Å²) in [6, 6.07) is 18.9. The van der Waals surface area contributed by atoms with Crippen LogP contribution >= 0.6 is 0 Å². The second-order valence-electron chi connectivity index (χ2n) is 9.19. The third-order valence-corrected chi connectivity index (χ3v) is 6.00. The van der Waals surface area contributed by atoms with E-state index >= 15 is 0 Å². The summed E-state index contributed by atoms with van der Waals surface area (Å²) in [4.78, 5) is 38.3. The van der Waals surface area contributed by atoms with Crippen LogP contribution in [0.25, 0.3) is 10.8 Å². The Balaban J connectivity index is 1.59. The smallest absolute Gasteiger partial charge is 0.338 e. The summed E-state index contributed by atoms with van der Waals surface area (Å²) in [6.07, 6.45) is -0.818. The minimum atomic E-state index is -1.17. The van der Waals surface area contributed by atoms with Crippen LogP contribution in [0.5, 0.6) is 5.75 Å². The Labute approximate surface area is 203 Å². The van der Waals surface area contributed by atoms with Crippen molar-refractivity contribution in [3.63, 3.8) is 0 Å². The molecule has 1 aliphatic heterocycles. The molecule has 1 fully saturated rings. The molecule has 1 heterocycles. The monoisotopic (exact) mass is 476 g/mol. The number of benzene rings is 3. The topological polar surface area (TPSA) is 128 Å². The Morgan fingerprint density at radius 3 is 2.29 bits per heavy atom. The van der Waals surface area contributed by atoms with E-state index in [1.807, 2.05) is 42.5 Å². The van der Waals surface area contributed by atoms with Crippen molar-refractivity contribution in [2.24, 2.45) is 11.7 Å². The first-order chi connectivity index (χ1) is 16.6. The van der Waals surface area contributed by atoms with Crippen molar-refractivity contribution in [2.45, 2.75) is 44.6 Å². The molecular formula is C27H28N2O6. The molecule has 8 heteroatoms. The molecule has 8 nitrogen and oxygen atoms in total. The van der Waals surface area contributed by atoms with E-state index in [4.69, 9.17) is 15.2 Å². The van der Waals surface area contributed by atoms with Gasteiger partial charge in [0.25, 0.3) is 0 Å². The molecule has 3 atom stereocenters. The van der Waals surface area contributed by atoms with Crippen LogP contribution in [0.2, 0.25) is 0 Å². The van der Waals surface area contributed by atoms with Gasteiger partial charge < -0.3 is 25.6 Å². The molecular weight excluding hydrogens is 448 g/mol. The zero-order chi connectivity index (χ0) is 25.2. The first-order valence-electron chi connectivity index (χ1n) is 11.4. The summed E-state index contributed by atoms with van der Waals surface area (Å²) >= 11 is 0.